The smallest absolute Gasteiger partial charge is 0.248 e. The Kier molecular flexibility index (Phi) is 2.67. The Morgan fingerprint density at radius 1 is 1.44 bits per heavy atom. The molecule has 0 aromatic carbocycles. The van der Waals surface area contributed by atoms with Gasteiger partial charge in [-0.25, -0.2) is 8.42 Å². The van der Waals surface area contributed by atoms with E-state index in [0.717, 1.165) is 0 Å². The van der Waals surface area contributed by atoms with Crippen LogP contribution < -0.4 is 5.73 Å². The van der Waals surface area contributed by atoms with E-state index in [1.807, 2.05) is 0 Å². The summed E-state index contributed by atoms with van der Waals surface area (Å²) in [4.78, 5) is 0.0776. The maximum atomic E-state index is 12.2. The van der Waals surface area contributed by atoms with E-state index in [-0.39, 0.29) is 10.7 Å². The fourth-order valence-electron chi connectivity index (χ4n) is 1.90. The number of anilines is 1. The van der Waals surface area contributed by atoms with Crippen LogP contribution in [-0.2, 0) is 10.0 Å². The lowest BCUT2D eigenvalue weighted by Gasteiger charge is -2.14. The number of H-pyrrole nitrogens is 1. The quantitative estimate of drug-likeness (QED) is 0.781. The minimum absolute atomic E-state index is 0.0776. The summed E-state index contributed by atoms with van der Waals surface area (Å²) in [5.74, 6) is 0.859. The molecule has 0 spiro atoms. The maximum absolute atomic E-state index is 12.2. The monoisotopic (exact) mass is 244 g/mol. The van der Waals surface area contributed by atoms with Crippen molar-refractivity contribution in [2.24, 2.45) is 11.8 Å². The summed E-state index contributed by atoms with van der Waals surface area (Å²) in [6.07, 6.45) is 1.26. The van der Waals surface area contributed by atoms with Gasteiger partial charge in [0.15, 0.2) is 0 Å². The number of sulfonamides is 1. The molecule has 90 valence electrons. The average Bonchev–Trinajstić information content (AvgIpc) is 2.75. The standard InChI is InChI=1S/C9H16N4O2S/c1-6-4-13(5-7(6)2)16(14,15)8-3-11-12-9(8)10/h3,6-7H,4-5H2,1-2H3,(H3,10,11,12). The second-order valence-electron chi connectivity index (χ2n) is 4.42. The Morgan fingerprint density at radius 3 is 2.44 bits per heavy atom. The number of aromatic nitrogens is 2. The van der Waals surface area contributed by atoms with E-state index < -0.39 is 10.0 Å². The minimum atomic E-state index is -3.48. The molecule has 6 nitrogen and oxygen atoms in total. The molecule has 0 saturated carbocycles. The van der Waals surface area contributed by atoms with E-state index in [1.54, 1.807) is 0 Å². The van der Waals surface area contributed by atoms with Gasteiger partial charge in [0, 0.05) is 13.1 Å². The third kappa shape index (κ3) is 1.69. The third-order valence-corrected chi connectivity index (χ3v) is 5.06. The van der Waals surface area contributed by atoms with Crippen LogP contribution in [0.3, 0.4) is 0 Å². The van der Waals surface area contributed by atoms with Crippen molar-refractivity contribution >= 4 is 15.8 Å². The highest BCUT2D eigenvalue weighted by atomic mass is 32.2. The molecule has 2 rings (SSSR count). The van der Waals surface area contributed by atoms with E-state index in [9.17, 15) is 8.42 Å². The molecule has 1 fully saturated rings. The summed E-state index contributed by atoms with van der Waals surface area (Å²) in [5.41, 5.74) is 5.54. The van der Waals surface area contributed by atoms with Gasteiger partial charge >= 0.3 is 0 Å². The highest BCUT2D eigenvalue weighted by molar-refractivity contribution is 7.89. The van der Waals surface area contributed by atoms with Crippen molar-refractivity contribution in [1.29, 1.82) is 0 Å². The number of aromatic amines is 1. The number of hydrogen-bond donors (Lipinski definition) is 2. The molecule has 7 heteroatoms. The molecule has 0 amide bonds. The first kappa shape index (κ1) is 11.4. The lowest BCUT2D eigenvalue weighted by atomic mass is 10.0. The number of rotatable bonds is 2. The largest absolute Gasteiger partial charge is 0.383 e. The SMILES string of the molecule is CC1CN(S(=O)(=O)c2cn[nH]c2N)CC1C. The second kappa shape index (κ2) is 3.74. The van der Waals surface area contributed by atoms with Crippen LogP contribution in [0.2, 0.25) is 0 Å². The van der Waals surface area contributed by atoms with Crippen molar-refractivity contribution in [2.75, 3.05) is 18.8 Å². The molecular formula is C9H16N4O2S. The Morgan fingerprint density at radius 2 is 2.00 bits per heavy atom. The predicted octanol–water partition coefficient (Wildman–Crippen LogP) is 0.268. The fraction of sp³-hybridized carbons (Fsp3) is 0.667. The van der Waals surface area contributed by atoms with Crippen LogP contribution in [-0.4, -0.2) is 36.0 Å². The molecule has 3 N–H and O–H groups in total. The molecule has 1 aromatic heterocycles. The molecule has 1 aromatic rings. The Hall–Kier alpha value is -1.08. The van der Waals surface area contributed by atoms with Crippen LogP contribution in [0.4, 0.5) is 5.82 Å². The van der Waals surface area contributed by atoms with Crippen molar-refractivity contribution in [3.05, 3.63) is 6.20 Å². The van der Waals surface area contributed by atoms with E-state index in [4.69, 9.17) is 5.73 Å². The Balaban J connectivity index is 2.31. The zero-order valence-corrected chi connectivity index (χ0v) is 10.2. The number of nitrogens with one attached hydrogen (secondary N) is 1. The molecule has 1 saturated heterocycles. The van der Waals surface area contributed by atoms with Gasteiger partial charge in [0.2, 0.25) is 10.0 Å². The fourth-order valence-corrected chi connectivity index (χ4v) is 3.55. The van der Waals surface area contributed by atoms with E-state index >= 15 is 0 Å². The number of nitrogen functional groups attached to an aromatic ring is 1. The highest BCUT2D eigenvalue weighted by Crippen LogP contribution is 2.29. The first-order valence-electron chi connectivity index (χ1n) is 5.22. The Bertz CT molecular complexity index is 471. The first-order valence-corrected chi connectivity index (χ1v) is 6.66. The van der Waals surface area contributed by atoms with E-state index in [0.29, 0.717) is 24.9 Å². The normalized spacial score (nSPS) is 27.4. The summed E-state index contributed by atoms with van der Waals surface area (Å²) in [6.45, 7) is 5.21. The molecular weight excluding hydrogens is 228 g/mol. The van der Waals surface area contributed by atoms with Gasteiger partial charge < -0.3 is 5.73 Å². The number of nitrogens with zero attached hydrogens (tertiary/aromatic N) is 2. The summed E-state index contributed by atoms with van der Waals surface area (Å²) in [7, 11) is -3.48. The molecule has 0 bridgehead atoms. The van der Waals surface area contributed by atoms with Crippen molar-refractivity contribution < 1.29 is 8.42 Å². The average molecular weight is 244 g/mol. The Labute approximate surface area is 94.9 Å². The molecule has 2 heterocycles. The summed E-state index contributed by atoms with van der Waals surface area (Å²) in [6, 6.07) is 0. The van der Waals surface area contributed by atoms with Crippen molar-refractivity contribution in [3.8, 4) is 0 Å². The molecule has 0 radical (unpaired) electrons. The molecule has 16 heavy (non-hydrogen) atoms. The predicted molar refractivity (Wildman–Crippen MR) is 60.1 cm³/mol. The maximum Gasteiger partial charge on any atom is 0.248 e. The summed E-state index contributed by atoms with van der Waals surface area (Å²) in [5, 5.41) is 6.08. The van der Waals surface area contributed by atoms with Crippen LogP contribution in [0.25, 0.3) is 0 Å². The molecule has 1 aliphatic heterocycles. The lowest BCUT2D eigenvalue weighted by molar-refractivity contribution is 0.463. The zero-order chi connectivity index (χ0) is 11.9. The topological polar surface area (TPSA) is 92.1 Å². The number of hydrogen-bond acceptors (Lipinski definition) is 4. The number of nitrogens with two attached hydrogens (primary N) is 1. The van der Waals surface area contributed by atoms with Gasteiger partial charge in [-0.05, 0) is 11.8 Å². The first-order chi connectivity index (χ1) is 7.43. The molecule has 1 aliphatic rings. The van der Waals surface area contributed by atoms with Crippen LogP contribution in [0.1, 0.15) is 13.8 Å². The second-order valence-corrected chi connectivity index (χ2v) is 6.33. The third-order valence-electron chi connectivity index (χ3n) is 3.20. The van der Waals surface area contributed by atoms with E-state index in [1.165, 1.54) is 10.5 Å². The van der Waals surface area contributed by atoms with Gasteiger partial charge in [-0.15, -0.1) is 0 Å². The van der Waals surface area contributed by atoms with Crippen LogP contribution in [0.15, 0.2) is 11.1 Å². The summed E-state index contributed by atoms with van der Waals surface area (Å²) >= 11 is 0. The minimum Gasteiger partial charge on any atom is -0.383 e. The van der Waals surface area contributed by atoms with E-state index in [2.05, 4.69) is 24.0 Å². The highest BCUT2D eigenvalue weighted by Gasteiger charge is 2.36. The van der Waals surface area contributed by atoms with Crippen LogP contribution in [0, 0.1) is 11.8 Å². The van der Waals surface area contributed by atoms with Gasteiger partial charge in [-0.2, -0.15) is 9.40 Å². The van der Waals surface area contributed by atoms with Gasteiger partial charge in [0.1, 0.15) is 10.7 Å². The zero-order valence-electron chi connectivity index (χ0n) is 9.34. The van der Waals surface area contributed by atoms with Gasteiger partial charge in [0.25, 0.3) is 0 Å². The lowest BCUT2D eigenvalue weighted by Crippen LogP contribution is -2.29. The summed E-state index contributed by atoms with van der Waals surface area (Å²) < 4.78 is 25.9. The van der Waals surface area contributed by atoms with Gasteiger partial charge in [0.05, 0.1) is 6.20 Å². The molecule has 2 atom stereocenters. The van der Waals surface area contributed by atoms with Gasteiger partial charge in [-0.3, -0.25) is 5.10 Å². The van der Waals surface area contributed by atoms with Crippen molar-refractivity contribution in [3.63, 3.8) is 0 Å². The van der Waals surface area contributed by atoms with Crippen molar-refractivity contribution in [2.45, 2.75) is 18.7 Å². The van der Waals surface area contributed by atoms with Crippen molar-refractivity contribution in [1.82, 2.24) is 14.5 Å². The van der Waals surface area contributed by atoms with Gasteiger partial charge in [-0.1, -0.05) is 13.8 Å². The molecule has 2 unspecified atom stereocenters. The molecule has 0 aliphatic carbocycles. The van der Waals surface area contributed by atoms with Crippen LogP contribution in [0.5, 0.6) is 0 Å². The van der Waals surface area contributed by atoms with Crippen LogP contribution >= 0.6 is 0 Å².